The van der Waals surface area contributed by atoms with E-state index in [4.69, 9.17) is 10.5 Å². The van der Waals surface area contributed by atoms with Gasteiger partial charge in [0.2, 0.25) is 0 Å². The van der Waals surface area contributed by atoms with Crippen LogP contribution in [-0.4, -0.2) is 27.9 Å². The second kappa shape index (κ2) is 4.45. The smallest absolute Gasteiger partial charge is 0.161 e. The van der Waals surface area contributed by atoms with Crippen LogP contribution < -0.4 is 10.5 Å². The van der Waals surface area contributed by atoms with Crippen molar-refractivity contribution in [1.82, 2.24) is 9.78 Å². The molecule has 5 heteroatoms. The summed E-state index contributed by atoms with van der Waals surface area (Å²) in [6, 6.07) is 0.0277. The van der Waals surface area contributed by atoms with Crippen LogP contribution in [0.2, 0.25) is 0 Å². The lowest BCUT2D eigenvalue weighted by Gasteiger charge is -2.19. The van der Waals surface area contributed by atoms with Crippen molar-refractivity contribution < 1.29 is 4.74 Å². The lowest BCUT2D eigenvalue weighted by atomic mass is 10.1. The van der Waals surface area contributed by atoms with E-state index in [0.717, 1.165) is 11.4 Å². The zero-order valence-corrected chi connectivity index (χ0v) is 9.96. The average molecular weight is 227 g/mol. The van der Waals surface area contributed by atoms with Crippen LogP contribution in [0.5, 0.6) is 5.75 Å². The van der Waals surface area contributed by atoms with Gasteiger partial charge in [-0.3, -0.25) is 4.68 Å². The van der Waals surface area contributed by atoms with Gasteiger partial charge >= 0.3 is 0 Å². The van der Waals surface area contributed by atoms with Gasteiger partial charge in [0.05, 0.1) is 25.0 Å². The van der Waals surface area contributed by atoms with Gasteiger partial charge in [-0.15, -0.1) is 0 Å². The predicted molar refractivity (Wildman–Crippen MR) is 62.2 cm³/mol. The molecular formula is C10H17N3OS. The molecule has 2 rings (SSSR count). The second-order valence-electron chi connectivity index (χ2n) is 3.80. The Bertz CT molecular complexity index is 333. The number of aryl methyl sites for hydroxylation is 1. The molecule has 1 aliphatic rings. The fourth-order valence-electron chi connectivity index (χ4n) is 2.03. The predicted octanol–water partition coefficient (Wildman–Crippen LogP) is 1.32. The van der Waals surface area contributed by atoms with Crippen LogP contribution in [-0.2, 0) is 7.05 Å². The lowest BCUT2D eigenvalue weighted by molar-refractivity contribution is 0.401. The summed E-state index contributed by atoms with van der Waals surface area (Å²) in [5, 5.41) is 4.69. The largest absolute Gasteiger partial charge is 0.493 e. The van der Waals surface area contributed by atoms with Crippen molar-refractivity contribution in [3.05, 3.63) is 11.9 Å². The van der Waals surface area contributed by atoms with E-state index < -0.39 is 0 Å². The summed E-state index contributed by atoms with van der Waals surface area (Å²) < 4.78 is 7.10. The van der Waals surface area contributed by atoms with Gasteiger partial charge < -0.3 is 10.5 Å². The van der Waals surface area contributed by atoms with Crippen molar-refractivity contribution in [2.24, 2.45) is 12.8 Å². The first-order valence-electron chi connectivity index (χ1n) is 5.17. The lowest BCUT2D eigenvalue weighted by Crippen LogP contribution is -2.24. The fraction of sp³-hybridized carbons (Fsp3) is 0.700. The maximum atomic E-state index is 6.26. The number of aromatic nitrogens is 2. The Hall–Kier alpha value is -0.680. The van der Waals surface area contributed by atoms with Crippen molar-refractivity contribution in [1.29, 1.82) is 0 Å². The van der Waals surface area contributed by atoms with E-state index in [1.54, 1.807) is 13.3 Å². The van der Waals surface area contributed by atoms with Crippen molar-refractivity contribution in [3.8, 4) is 5.75 Å². The summed E-state index contributed by atoms with van der Waals surface area (Å²) in [5.41, 5.74) is 7.27. The molecule has 2 heterocycles. The van der Waals surface area contributed by atoms with Gasteiger partial charge in [-0.2, -0.15) is 16.9 Å². The quantitative estimate of drug-likeness (QED) is 0.846. The number of rotatable bonds is 3. The van der Waals surface area contributed by atoms with Gasteiger partial charge in [0.25, 0.3) is 0 Å². The standard InChI is InChI=1S/C10H17N3OS/c1-13-10(7(14-2)6-12-13)9(11)8-4-3-5-15-8/h6,8-9H,3-5,11H2,1-2H3. The van der Waals surface area contributed by atoms with E-state index in [9.17, 15) is 0 Å². The number of hydrogen-bond acceptors (Lipinski definition) is 4. The Kier molecular flexibility index (Phi) is 3.21. The van der Waals surface area contributed by atoms with Crippen molar-refractivity contribution in [3.63, 3.8) is 0 Å². The highest BCUT2D eigenvalue weighted by Crippen LogP contribution is 2.37. The number of ether oxygens (including phenoxy) is 1. The summed E-state index contributed by atoms with van der Waals surface area (Å²) >= 11 is 1.95. The molecule has 1 aliphatic heterocycles. The highest BCUT2D eigenvalue weighted by Gasteiger charge is 2.28. The molecule has 2 N–H and O–H groups in total. The third-order valence-electron chi connectivity index (χ3n) is 2.85. The molecule has 0 bridgehead atoms. The zero-order chi connectivity index (χ0) is 10.8. The zero-order valence-electron chi connectivity index (χ0n) is 9.14. The Morgan fingerprint density at radius 3 is 3.13 bits per heavy atom. The molecule has 4 nitrogen and oxygen atoms in total. The molecule has 1 fully saturated rings. The number of thioether (sulfide) groups is 1. The van der Waals surface area contributed by atoms with Crippen molar-refractivity contribution in [2.45, 2.75) is 24.1 Å². The minimum absolute atomic E-state index is 0.0277. The monoisotopic (exact) mass is 227 g/mol. The maximum absolute atomic E-state index is 6.26. The molecular weight excluding hydrogens is 210 g/mol. The van der Waals surface area contributed by atoms with E-state index in [1.165, 1.54) is 18.6 Å². The van der Waals surface area contributed by atoms with Gasteiger partial charge in [-0.25, -0.2) is 0 Å². The average Bonchev–Trinajstić information content (AvgIpc) is 2.85. The maximum Gasteiger partial charge on any atom is 0.161 e. The first-order chi connectivity index (χ1) is 7.24. The second-order valence-corrected chi connectivity index (χ2v) is 5.15. The fourth-order valence-corrected chi connectivity index (χ4v) is 3.33. The van der Waals surface area contributed by atoms with Crippen LogP contribution in [0.3, 0.4) is 0 Å². The molecule has 0 saturated carbocycles. The normalized spacial score (nSPS) is 23.0. The third-order valence-corrected chi connectivity index (χ3v) is 4.33. The van der Waals surface area contributed by atoms with E-state index in [1.807, 2.05) is 23.5 Å². The van der Waals surface area contributed by atoms with E-state index in [0.29, 0.717) is 5.25 Å². The first kappa shape index (κ1) is 10.8. The molecule has 2 atom stereocenters. The molecule has 0 aliphatic carbocycles. The minimum atomic E-state index is 0.0277. The minimum Gasteiger partial charge on any atom is -0.493 e. The summed E-state index contributed by atoms with van der Waals surface area (Å²) in [6.45, 7) is 0. The Labute approximate surface area is 94.2 Å². The van der Waals surface area contributed by atoms with Gasteiger partial charge in [0, 0.05) is 12.3 Å². The van der Waals surface area contributed by atoms with Crippen LogP contribution >= 0.6 is 11.8 Å². The van der Waals surface area contributed by atoms with Gasteiger partial charge in [0.1, 0.15) is 0 Å². The summed E-state index contributed by atoms with van der Waals surface area (Å²) in [6.07, 6.45) is 4.19. The summed E-state index contributed by atoms with van der Waals surface area (Å²) in [4.78, 5) is 0. The van der Waals surface area contributed by atoms with Crippen molar-refractivity contribution >= 4 is 11.8 Å². The van der Waals surface area contributed by atoms with Crippen LogP contribution in [0.25, 0.3) is 0 Å². The Balaban J connectivity index is 2.22. The highest BCUT2D eigenvalue weighted by atomic mass is 32.2. The van der Waals surface area contributed by atoms with E-state index in [2.05, 4.69) is 5.10 Å². The summed E-state index contributed by atoms with van der Waals surface area (Å²) in [5.74, 6) is 2.02. The Morgan fingerprint density at radius 2 is 2.53 bits per heavy atom. The molecule has 0 amide bonds. The number of nitrogens with zero attached hydrogens (tertiary/aromatic N) is 2. The van der Waals surface area contributed by atoms with Crippen LogP contribution in [0, 0.1) is 0 Å². The first-order valence-corrected chi connectivity index (χ1v) is 6.22. The van der Waals surface area contributed by atoms with E-state index >= 15 is 0 Å². The van der Waals surface area contributed by atoms with E-state index in [-0.39, 0.29) is 6.04 Å². The van der Waals surface area contributed by atoms with Gasteiger partial charge in [-0.1, -0.05) is 0 Å². The van der Waals surface area contributed by atoms with Crippen LogP contribution in [0.15, 0.2) is 6.20 Å². The van der Waals surface area contributed by atoms with Crippen molar-refractivity contribution in [2.75, 3.05) is 12.9 Å². The molecule has 15 heavy (non-hydrogen) atoms. The molecule has 84 valence electrons. The molecule has 2 unspecified atom stereocenters. The molecule has 1 aromatic rings. The number of methoxy groups -OCH3 is 1. The van der Waals surface area contributed by atoms with Crippen LogP contribution in [0.4, 0.5) is 0 Å². The molecule has 1 saturated heterocycles. The molecule has 0 aromatic carbocycles. The highest BCUT2D eigenvalue weighted by molar-refractivity contribution is 8.00. The molecule has 0 radical (unpaired) electrons. The number of hydrogen-bond donors (Lipinski definition) is 1. The third kappa shape index (κ3) is 1.99. The SMILES string of the molecule is COc1cnn(C)c1C(N)C1CCCS1. The van der Waals surface area contributed by atoms with Gasteiger partial charge in [0.15, 0.2) is 5.75 Å². The topological polar surface area (TPSA) is 53.1 Å². The number of nitrogens with two attached hydrogens (primary N) is 1. The molecule has 1 aromatic heterocycles. The Morgan fingerprint density at radius 1 is 1.73 bits per heavy atom. The van der Waals surface area contributed by atoms with Gasteiger partial charge in [-0.05, 0) is 18.6 Å². The molecule has 0 spiro atoms. The summed E-state index contributed by atoms with van der Waals surface area (Å²) in [7, 11) is 3.58. The van der Waals surface area contributed by atoms with Crippen LogP contribution in [0.1, 0.15) is 24.6 Å².